The fourth-order valence-electron chi connectivity index (χ4n) is 2.93. The Labute approximate surface area is 121 Å². The second-order valence-electron chi connectivity index (χ2n) is 5.79. The Morgan fingerprint density at radius 2 is 1.85 bits per heavy atom. The maximum Gasteiger partial charge on any atom is 0.0668 e. The maximum absolute atomic E-state index is 10.6. The van der Waals surface area contributed by atoms with Crippen LogP contribution in [0.3, 0.4) is 0 Å². The molecule has 0 atom stereocenters. The van der Waals surface area contributed by atoms with Crippen molar-refractivity contribution < 1.29 is 9.90 Å². The quantitative estimate of drug-likeness (QED) is 0.770. The smallest absolute Gasteiger partial charge is 0.0668 e. The number of carbonyl (C=O) groups is 1. The highest BCUT2D eigenvalue weighted by Gasteiger charge is 2.14. The average molecular weight is 271 g/mol. The molecule has 20 heavy (non-hydrogen) atoms. The van der Waals surface area contributed by atoms with Crippen molar-refractivity contribution in [2.45, 2.75) is 57.8 Å². The number of allylic oxidation sites excluding steroid dienone is 1. The number of hydrogen-bond acceptors (Lipinski definition) is 2. The lowest BCUT2D eigenvalue weighted by Gasteiger charge is -2.22. The van der Waals surface area contributed by atoms with Gasteiger partial charge in [-0.1, -0.05) is 49.6 Å². The largest absolute Gasteiger partial charge is 0.545 e. The van der Waals surface area contributed by atoms with Crippen LogP contribution in [0.5, 0.6) is 0 Å². The summed E-state index contributed by atoms with van der Waals surface area (Å²) >= 11 is 0. The zero-order valence-electron chi connectivity index (χ0n) is 12.2. The Kier molecular flexibility index (Phi) is 5.40. The number of rotatable bonds is 5. The van der Waals surface area contributed by atoms with Crippen LogP contribution >= 0.6 is 0 Å². The second kappa shape index (κ2) is 7.28. The third-order valence-electron chi connectivity index (χ3n) is 4.26. The van der Waals surface area contributed by atoms with Crippen LogP contribution in [-0.2, 0) is 11.2 Å². The van der Waals surface area contributed by atoms with E-state index in [1.165, 1.54) is 43.2 Å². The second-order valence-corrected chi connectivity index (χ2v) is 5.79. The molecule has 1 aliphatic carbocycles. The highest BCUT2D eigenvalue weighted by atomic mass is 16.4. The van der Waals surface area contributed by atoms with Gasteiger partial charge in [-0.05, 0) is 55.2 Å². The van der Waals surface area contributed by atoms with E-state index in [1.807, 2.05) is 0 Å². The summed E-state index contributed by atoms with van der Waals surface area (Å²) in [5.41, 5.74) is 3.06. The number of aryl methyl sites for hydroxylation is 1. The molecule has 1 aromatic rings. The molecular formula is C18H23O2-. The van der Waals surface area contributed by atoms with Crippen LogP contribution in [0.4, 0.5) is 0 Å². The number of hydrogen-bond donors (Lipinski definition) is 0. The molecule has 1 saturated carbocycles. The normalized spacial score (nSPS) is 17.1. The third kappa shape index (κ3) is 4.22. The summed E-state index contributed by atoms with van der Waals surface area (Å²) in [4.78, 5) is 10.6. The standard InChI is InChI=1S/C18H24O2/c1-14(18(19)20)6-5-7-15-10-12-17(13-11-15)16-8-3-2-4-9-16/h6,10-13,16H,2-5,7-9H2,1H3,(H,19,20)/p-1/b14-6+. The van der Waals surface area contributed by atoms with Gasteiger partial charge in [0, 0.05) is 0 Å². The first kappa shape index (κ1) is 14.8. The van der Waals surface area contributed by atoms with Gasteiger partial charge < -0.3 is 9.90 Å². The van der Waals surface area contributed by atoms with E-state index in [0.717, 1.165) is 18.8 Å². The monoisotopic (exact) mass is 271 g/mol. The van der Waals surface area contributed by atoms with Gasteiger partial charge in [0.1, 0.15) is 0 Å². The third-order valence-corrected chi connectivity index (χ3v) is 4.26. The summed E-state index contributed by atoms with van der Waals surface area (Å²) in [5.74, 6) is -0.323. The van der Waals surface area contributed by atoms with Gasteiger partial charge in [-0.3, -0.25) is 0 Å². The van der Waals surface area contributed by atoms with E-state index in [4.69, 9.17) is 0 Å². The van der Waals surface area contributed by atoms with Crippen LogP contribution in [0.15, 0.2) is 35.9 Å². The Morgan fingerprint density at radius 3 is 2.45 bits per heavy atom. The molecule has 0 N–H and O–H groups in total. The van der Waals surface area contributed by atoms with Crippen LogP contribution in [-0.4, -0.2) is 5.97 Å². The summed E-state index contributed by atoms with van der Waals surface area (Å²) < 4.78 is 0. The van der Waals surface area contributed by atoms with Gasteiger partial charge in [0.15, 0.2) is 0 Å². The van der Waals surface area contributed by atoms with E-state index >= 15 is 0 Å². The van der Waals surface area contributed by atoms with Gasteiger partial charge in [-0.25, -0.2) is 0 Å². The first-order valence-corrected chi connectivity index (χ1v) is 7.64. The van der Waals surface area contributed by atoms with Crippen LogP contribution in [0.1, 0.15) is 62.5 Å². The van der Waals surface area contributed by atoms with Crippen molar-refractivity contribution in [2.75, 3.05) is 0 Å². The Balaban J connectivity index is 1.88. The number of carbonyl (C=O) groups excluding carboxylic acids is 1. The van der Waals surface area contributed by atoms with Crippen molar-refractivity contribution in [2.24, 2.45) is 0 Å². The molecule has 1 fully saturated rings. The lowest BCUT2D eigenvalue weighted by molar-refractivity contribution is -0.299. The van der Waals surface area contributed by atoms with Crippen molar-refractivity contribution in [3.8, 4) is 0 Å². The molecule has 0 unspecified atom stereocenters. The molecule has 0 amide bonds. The average Bonchev–Trinajstić information content (AvgIpc) is 2.48. The van der Waals surface area contributed by atoms with Gasteiger partial charge in [0.05, 0.1) is 5.97 Å². The van der Waals surface area contributed by atoms with Gasteiger partial charge >= 0.3 is 0 Å². The molecule has 2 nitrogen and oxygen atoms in total. The van der Waals surface area contributed by atoms with E-state index in [9.17, 15) is 9.90 Å². The minimum absolute atomic E-state index is 0.323. The highest BCUT2D eigenvalue weighted by molar-refractivity contribution is 5.83. The Hall–Kier alpha value is -1.57. The minimum Gasteiger partial charge on any atom is -0.545 e. The van der Waals surface area contributed by atoms with Gasteiger partial charge in [-0.2, -0.15) is 0 Å². The SMILES string of the molecule is C/C(=C\CCc1ccc(C2CCCCC2)cc1)C(=O)[O-]. The van der Waals surface area contributed by atoms with Crippen molar-refractivity contribution in [1.29, 1.82) is 0 Å². The fourth-order valence-corrected chi connectivity index (χ4v) is 2.93. The topological polar surface area (TPSA) is 40.1 Å². The highest BCUT2D eigenvalue weighted by Crippen LogP contribution is 2.32. The maximum atomic E-state index is 10.6. The number of aliphatic carboxylic acids is 1. The van der Waals surface area contributed by atoms with E-state index in [1.54, 1.807) is 13.0 Å². The first-order valence-electron chi connectivity index (χ1n) is 7.64. The van der Waals surface area contributed by atoms with Crippen LogP contribution in [0.25, 0.3) is 0 Å². The molecule has 1 aromatic carbocycles. The summed E-state index contributed by atoms with van der Waals surface area (Å²) in [6.07, 6.45) is 10.1. The van der Waals surface area contributed by atoms with E-state index in [2.05, 4.69) is 24.3 Å². The summed E-state index contributed by atoms with van der Waals surface area (Å²) in [6, 6.07) is 8.87. The zero-order valence-corrected chi connectivity index (χ0v) is 12.2. The van der Waals surface area contributed by atoms with Crippen molar-refractivity contribution in [3.05, 3.63) is 47.0 Å². The summed E-state index contributed by atoms with van der Waals surface area (Å²) in [5, 5.41) is 10.6. The molecule has 0 bridgehead atoms. The van der Waals surface area contributed by atoms with Gasteiger partial charge in [-0.15, -0.1) is 0 Å². The summed E-state index contributed by atoms with van der Waals surface area (Å²) in [7, 11) is 0. The predicted octanol–water partition coefficient (Wildman–Crippen LogP) is 3.36. The molecule has 108 valence electrons. The first-order chi connectivity index (χ1) is 9.66. The molecule has 2 rings (SSSR count). The molecule has 0 saturated heterocycles. The molecule has 0 heterocycles. The van der Waals surface area contributed by atoms with Crippen molar-refractivity contribution in [3.63, 3.8) is 0 Å². The van der Waals surface area contributed by atoms with E-state index < -0.39 is 5.97 Å². The van der Waals surface area contributed by atoms with Gasteiger partial charge in [0.2, 0.25) is 0 Å². The Bertz CT molecular complexity index is 465. The number of benzene rings is 1. The van der Waals surface area contributed by atoms with E-state index in [-0.39, 0.29) is 0 Å². The fraction of sp³-hybridized carbons (Fsp3) is 0.500. The molecule has 0 aliphatic heterocycles. The van der Waals surface area contributed by atoms with E-state index in [0.29, 0.717) is 5.57 Å². The number of carboxylic acid groups (broad SMARTS) is 1. The van der Waals surface area contributed by atoms with Gasteiger partial charge in [0.25, 0.3) is 0 Å². The van der Waals surface area contributed by atoms with Crippen LogP contribution in [0, 0.1) is 0 Å². The molecule has 2 heteroatoms. The van der Waals surface area contributed by atoms with Crippen molar-refractivity contribution in [1.82, 2.24) is 0 Å². The minimum atomic E-state index is -1.07. The predicted molar refractivity (Wildman–Crippen MR) is 79.4 cm³/mol. The van der Waals surface area contributed by atoms with Crippen LogP contribution in [0.2, 0.25) is 0 Å². The Morgan fingerprint density at radius 1 is 1.20 bits per heavy atom. The molecule has 0 radical (unpaired) electrons. The zero-order chi connectivity index (χ0) is 14.4. The molecular weight excluding hydrogens is 248 g/mol. The molecule has 1 aliphatic rings. The summed E-state index contributed by atoms with van der Waals surface area (Å²) in [6.45, 7) is 1.58. The van der Waals surface area contributed by atoms with Crippen molar-refractivity contribution >= 4 is 5.97 Å². The van der Waals surface area contributed by atoms with Crippen LogP contribution < -0.4 is 5.11 Å². The lowest BCUT2D eigenvalue weighted by atomic mass is 9.84. The number of carboxylic acids is 1. The lowest BCUT2D eigenvalue weighted by Crippen LogP contribution is -2.22. The molecule has 0 aromatic heterocycles. The molecule has 0 spiro atoms.